The van der Waals surface area contributed by atoms with Crippen LogP contribution in [0.15, 0.2) is 0 Å². The lowest BCUT2D eigenvalue weighted by Crippen LogP contribution is -2.34. The van der Waals surface area contributed by atoms with Gasteiger partial charge in [-0.1, -0.05) is 0 Å². The van der Waals surface area contributed by atoms with Crippen molar-refractivity contribution in [2.45, 2.75) is 13.0 Å². The third-order valence-corrected chi connectivity index (χ3v) is 0.973. The number of nitrogens with one attached hydrogen (secondary N) is 1. The number of aliphatic hydroxyl groups excluding tert-OH is 1. The molecule has 0 aliphatic rings. The second-order valence-electron chi connectivity index (χ2n) is 2.15. The molecular formula is C6H13NO4. The van der Waals surface area contributed by atoms with Gasteiger partial charge in [0.05, 0.1) is 25.9 Å². The van der Waals surface area contributed by atoms with Crippen molar-refractivity contribution in [2.75, 3.05) is 19.8 Å². The van der Waals surface area contributed by atoms with Crippen LogP contribution in [0.2, 0.25) is 0 Å². The summed E-state index contributed by atoms with van der Waals surface area (Å²) >= 11 is 0. The van der Waals surface area contributed by atoms with Gasteiger partial charge in [0.1, 0.15) is 0 Å². The molecule has 0 saturated carbocycles. The molecule has 0 bridgehead atoms. The third kappa shape index (κ3) is 7.08. The maximum atomic E-state index is 10.0. The van der Waals surface area contributed by atoms with E-state index in [1.54, 1.807) is 6.92 Å². The minimum Gasteiger partial charge on any atom is -0.465 e. The lowest BCUT2D eigenvalue weighted by atomic mass is 10.4. The summed E-state index contributed by atoms with van der Waals surface area (Å²) in [6.07, 6.45) is -1.06. The first-order valence-corrected chi connectivity index (χ1v) is 3.35. The van der Waals surface area contributed by atoms with E-state index in [4.69, 9.17) is 14.9 Å². The van der Waals surface area contributed by atoms with Gasteiger partial charge in [-0.25, -0.2) is 4.79 Å². The molecule has 0 aliphatic heterocycles. The average Bonchev–Trinajstić information content (AvgIpc) is 1.86. The molecule has 0 saturated heterocycles. The monoisotopic (exact) mass is 163 g/mol. The molecule has 0 aromatic rings. The summed E-state index contributed by atoms with van der Waals surface area (Å²) < 4.78 is 4.87. The Morgan fingerprint density at radius 3 is 2.82 bits per heavy atom. The van der Waals surface area contributed by atoms with Crippen molar-refractivity contribution in [1.82, 2.24) is 5.32 Å². The normalized spacial score (nSPS) is 12.5. The third-order valence-electron chi connectivity index (χ3n) is 0.973. The van der Waals surface area contributed by atoms with E-state index in [0.29, 0.717) is 0 Å². The van der Waals surface area contributed by atoms with Crippen molar-refractivity contribution in [3.05, 3.63) is 0 Å². The first-order chi connectivity index (χ1) is 5.16. The van der Waals surface area contributed by atoms with E-state index in [9.17, 15) is 4.79 Å². The van der Waals surface area contributed by atoms with Gasteiger partial charge in [-0.2, -0.15) is 0 Å². The highest BCUT2D eigenvalue weighted by Gasteiger charge is 2.03. The molecule has 0 spiro atoms. The predicted octanol–water partition coefficient (Wildman–Crippen LogP) is -0.349. The fourth-order valence-electron chi connectivity index (χ4n) is 0.577. The fourth-order valence-corrected chi connectivity index (χ4v) is 0.577. The molecule has 1 amide bonds. The Hall–Kier alpha value is -0.810. The summed E-state index contributed by atoms with van der Waals surface area (Å²) in [4.78, 5) is 10.0. The van der Waals surface area contributed by atoms with Crippen LogP contribution in [0.5, 0.6) is 0 Å². The van der Waals surface area contributed by atoms with E-state index in [0.717, 1.165) is 0 Å². The number of carbonyl (C=O) groups is 1. The molecule has 0 rings (SSSR count). The van der Waals surface area contributed by atoms with Crippen LogP contribution in [0.25, 0.3) is 0 Å². The minimum atomic E-state index is -1.06. The summed E-state index contributed by atoms with van der Waals surface area (Å²) in [5, 5.41) is 18.7. The Bertz CT molecular complexity index is 117. The first kappa shape index (κ1) is 10.2. The molecule has 0 heterocycles. The van der Waals surface area contributed by atoms with Gasteiger partial charge in [-0.3, -0.25) is 0 Å². The Labute approximate surface area is 65.0 Å². The summed E-state index contributed by atoms with van der Waals surface area (Å²) in [6.45, 7) is 2.17. The van der Waals surface area contributed by atoms with E-state index in [2.05, 4.69) is 5.32 Å². The van der Waals surface area contributed by atoms with E-state index >= 15 is 0 Å². The number of ether oxygens (including phenoxy) is 1. The van der Waals surface area contributed by atoms with E-state index < -0.39 is 6.09 Å². The van der Waals surface area contributed by atoms with Crippen LogP contribution in [-0.2, 0) is 4.74 Å². The van der Waals surface area contributed by atoms with Crippen LogP contribution in [0, 0.1) is 0 Å². The van der Waals surface area contributed by atoms with Gasteiger partial charge in [0.15, 0.2) is 0 Å². The molecule has 0 radical (unpaired) electrons. The van der Waals surface area contributed by atoms with Gasteiger partial charge in [0, 0.05) is 0 Å². The maximum Gasteiger partial charge on any atom is 0.404 e. The Morgan fingerprint density at radius 2 is 2.36 bits per heavy atom. The quantitative estimate of drug-likeness (QED) is 0.484. The average molecular weight is 163 g/mol. The highest BCUT2D eigenvalue weighted by Crippen LogP contribution is 1.83. The number of rotatable bonds is 5. The second-order valence-corrected chi connectivity index (χ2v) is 2.15. The summed E-state index contributed by atoms with van der Waals surface area (Å²) in [5.74, 6) is 0. The number of aliphatic hydroxyl groups is 1. The molecule has 0 unspecified atom stereocenters. The molecular weight excluding hydrogens is 150 g/mol. The molecule has 0 aliphatic carbocycles. The van der Waals surface area contributed by atoms with Crippen LogP contribution < -0.4 is 5.32 Å². The molecule has 0 fully saturated rings. The number of hydrogen-bond donors (Lipinski definition) is 3. The molecule has 66 valence electrons. The van der Waals surface area contributed by atoms with Crippen molar-refractivity contribution in [3.63, 3.8) is 0 Å². The molecule has 0 aromatic heterocycles. The zero-order chi connectivity index (χ0) is 8.69. The topological polar surface area (TPSA) is 78.8 Å². The van der Waals surface area contributed by atoms with Gasteiger partial charge >= 0.3 is 6.09 Å². The lowest BCUT2D eigenvalue weighted by molar-refractivity contribution is 0.0791. The molecule has 1 atom stereocenters. The van der Waals surface area contributed by atoms with Gasteiger partial charge in [0.25, 0.3) is 0 Å². The van der Waals surface area contributed by atoms with E-state index in [1.807, 2.05) is 0 Å². The van der Waals surface area contributed by atoms with Gasteiger partial charge < -0.3 is 20.3 Å². The Kier molecular flexibility index (Phi) is 5.50. The van der Waals surface area contributed by atoms with Crippen LogP contribution in [0.3, 0.4) is 0 Å². The summed E-state index contributed by atoms with van der Waals surface area (Å²) in [6, 6.07) is -0.237. The molecule has 5 heteroatoms. The highest BCUT2D eigenvalue weighted by molar-refractivity contribution is 5.64. The minimum absolute atomic E-state index is 0.0419. The van der Waals surface area contributed by atoms with Crippen LogP contribution in [0.4, 0.5) is 4.79 Å². The second kappa shape index (κ2) is 5.94. The number of hydrogen-bond acceptors (Lipinski definition) is 3. The van der Waals surface area contributed by atoms with Crippen LogP contribution in [-0.4, -0.2) is 42.2 Å². The molecule has 0 aromatic carbocycles. The Morgan fingerprint density at radius 1 is 1.73 bits per heavy atom. The van der Waals surface area contributed by atoms with Gasteiger partial charge in [-0.05, 0) is 6.92 Å². The standard InChI is InChI=1S/C6H13NO4/c1-5(7-6(9)10)4-11-3-2-8/h5,7-8H,2-4H2,1H3,(H,9,10)/t5-/m1/s1. The fraction of sp³-hybridized carbons (Fsp3) is 0.833. The van der Waals surface area contributed by atoms with Crippen molar-refractivity contribution in [2.24, 2.45) is 0 Å². The number of amides is 1. The van der Waals surface area contributed by atoms with Crippen molar-refractivity contribution < 1.29 is 19.7 Å². The van der Waals surface area contributed by atoms with Gasteiger partial charge in [0.2, 0.25) is 0 Å². The van der Waals surface area contributed by atoms with Crippen LogP contribution in [0.1, 0.15) is 6.92 Å². The first-order valence-electron chi connectivity index (χ1n) is 3.35. The summed E-state index contributed by atoms with van der Waals surface area (Å²) in [7, 11) is 0. The van der Waals surface area contributed by atoms with E-state index in [1.165, 1.54) is 0 Å². The summed E-state index contributed by atoms with van der Waals surface area (Å²) in [5.41, 5.74) is 0. The highest BCUT2D eigenvalue weighted by atomic mass is 16.5. The molecule has 3 N–H and O–H groups in total. The zero-order valence-corrected chi connectivity index (χ0v) is 6.41. The molecule has 11 heavy (non-hydrogen) atoms. The lowest BCUT2D eigenvalue weighted by Gasteiger charge is -2.10. The van der Waals surface area contributed by atoms with Crippen molar-refractivity contribution >= 4 is 6.09 Å². The predicted molar refractivity (Wildman–Crippen MR) is 38.5 cm³/mol. The van der Waals surface area contributed by atoms with Crippen LogP contribution >= 0.6 is 0 Å². The van der Waals surface area contributed by atoms with Gasteiger partial charge in [-0.15, -0.1) is 0 Å². The Balaban J connectivity index is 3.22. The SMILES string of the molecule is C[C@H](COCCO)NC(=O)O. The largest absolute Gasteiger partial charge is 0.465 e. The molecule has 5 nitrogen and oxygen atoms in total. The smallest absolute Gasteiger partial charge is 0.404 e. The van der Waals surface area contributed by atoms with E-state index in [-0.39, 0.29) is 25.9 Å². The zero-order valence-electron chi connectivity index (χ0n) is 6.41. The number of carboxylic acid groups (broad SMARTS) is 1. The maximum absolute atomic E-state index is 10.0. The van der Waals surface area contributed by atoms with Crippen molar-refractivity contribution in [3.8, 4) is 0 Å². The van der Waals surface area contributed by atoms with Crippen molar-refractivity contribution in [1.29, 1.82) is 0 Å².